The van der Waals surface area contributed by atoms with Gasteiger partial charge in [0.25, 0.3) is 0 Å². The molecule has 0 bridgehead atoms. The maximum atomic E-state index is 12.1. The summed E-state index contributed by atoms with van der Waals surface area (Å²) in [5.41, 5.74) is 1.76. The number of nitrogens with one attached hydrogen (secondary N) is 2. The second-order valence-electron chi connectivity index (χ2n) is 7.03. The highest BCUT2D eigenvalue weighted by Gasteiger charge is 2.23. The molecule has 1 unspecified atom stereocenters. The van der Waals surface area contributed by atoms with Crippen LogP contribution in [0.1, 0.15) is 61.3 Å². The fourth-order valence-electron chi connectivity index (χ4n) is 2.35. The third-order valence-electron chi connectivity index (χ3n) is 4.21. The van der Waals surface area contributed by atoms with Crippen molar-refractivity contribution in [2.45, 2.75) is 73.5 Å². The molecule has 1 aliphatic rings. The zero-order valence-corrected chi connectivity index (χ0v) is 23.0. The number of hydrogen-bond donors (Lipinski definition) is 2. The molecule has 208 valence electrons. The Balaban J connectivity index is -0.000000838. The topological polar surface area (TPSA) is 70.7 Å². The Morgan fingerprint density at radius 2 is 1.83 bits per heavy atom. The van der Waals surface area contributed by atoms with E-state index >= 15 is 0 Å². The van der Waals surface area contributed by atoms with E-state index in [-0.39, 0.29) is 18.6 Å². The molecule has 0 aromatic carbocycles. The number of allylic oxidation sites excluding steroid dienone is 2. The molecule has 2 N–H and O–H groups in total. The van der Waals surface area contributed by atoms with E-state index in [2.05, 4.69) is 41.0 Å². The van der Waals surface area contributed by atoms with Crippen LogP contribution in [0.4, 0.5) is 18.0 Å². The molecule has 1 rings (SSSR count). The number of rotatable bonds is 9. The van der Waals surface area contributed by atoms with Crippen LogP contribution in [0.15, 0.2) is 60.9 Å². The quantitative estimate of drug-likeness (QED) is 0.264. The second-order valence-corrected chi connectivity index (χ2v) is 7.03. The average molecular weight is 518 g/mol. The van der Waals surface area contributed by atoms with E-state index in [9.17, 15) is 22.8 Å². The molecule has 0 aliphatic carbocycles. The van der Waals surface area contributed by atoms with Gasteiger partial charge in [0.05, 0.1) is 6.42 Å². The predicted molar refractivity (Wildman–Crippen MR) is 144 cm³/mol. The number of carbonyl (C=O) groups excluding carboxylic acids is 2. The maximum Gasteiger partial charge on any atom is 0.407 e. The Morgan fingerprint density at radius 3 is 2.25 bits per heavy atom. The van der Waals surface area contributed by atoms with Gasteiger partial charge in [0.2, 0.25) is 5.91 Å². The van der Waals surface area contributed by atoms with Crippen LogP contribution in [0.25, 0.3) is 0 Å². The summed E-state index contributed by atoms with van der Waals surface area (Å²) < 4.78 is 37.9. The molecule has 1 aliphatic heterocycles. The van der Waals surface area contributed by atoms with Crippen LogP contribution >= 0.6 is 0 Å². The first-order valence-corrected chi connectivity index (χ1v) is 12.3. The molecular formula is C27H46F3N3O3. The summed E-state index contributed by atoms with van der Waals surface area (Å²) in [5, 5.41) is 5.48. The van der Waals surface area contributed by atoms with Gasteiger partial charge in [-0.15, -0.1) is 13.2 Å². The van der Waals surface area contributed by atoms with Gasteiger partial charge in [-0.1, -0.05) is 57.6 Å². The lowest BCUT2D eigenvalue weighted by Gasteiger charge is -2.25. The Bertz CT molecular complexity index is 715. The van der Waals surface area contributed by atoms with E-state index in [4.69, 9.17) is 4.74 Å². The summed E-state index contributed by atoms with van der Waals surface area (Å²) in [7, 11) is 0. The van der Waals surface area contributed by atoms with Gasteiger partial charge in [-0.2, -0.15) is 13.2 Å². The highest BCUT2D eigenvalue weighted by atomic mass is 19.4. The average Bonchev–Trinajstić information content (AvgIpc) is 2.85. The van der Waals surface area contributed by atoms with Crippen LogP contribution in [0, 0.1) is 0 Å². The van der Waals surface area contributed by atoms with Crippen LogP contribution in [-0.4, -0.2) is 55.4 Å². The molecule has 1 atom stereocenters. The number of halogens is 3. The number of ether oxygens (including phenoxy) is 1. The van der Waals surface area contributed by atoms with Crippen LogP contribution in [0.3, 0.4) is 0 Å². The normalized spacial score (nSPS) is 13.8. The third kappa shape index (κ3) is 22.8. The predicted octanol–water partition coefficient (Wildman–Crippen LogP) is 6.69. The summed E-state index contributed by atoms with van der Waals surface area (Å²) >= 11 is 0. The molecule has 0 saturated heterocycles. The van der Waals surface area contributed by atoms with Gasteiger partial charge in [0.1, 0.15) is 6.61 Å². The first kappa shape index (κ1) is 37.6. The Hall–Kier alpha value is -2.97. The fourth-order valence-corrected chi connectivity index (χ4v) is 2.35. The Kier molecular flexibility index (Phi) is 24.8. The lowest BCUT2D eigenvalue weighted by atomic mass is 10.1. The van der Waals surface area contributed by atoms with Crippen molar-refractivity contribution in [3.05, 3.63) is 60.9 Å². The number of amides is 2. The molecule has 1 heterocycles. The van der Waals surface area contributed by atoms with Crippen molar-refractivity contribution < 1.29 is 27.5 Å². The first-order valence-electron chi connectivity index (χ1n) is 12.3. The van der Waals surface area contributed by atoms with Crippen molar-refractivity contribution in [2.24, 2.45) is 0 Å². The smallest absolute Gasteiger partial charge is 0.407 e. The summed E-state index contributed by atoms with van der Waals surface area (Å²) in [6.45, 7) is 22.4. The van der Waals surface area contributed by atoms with Crippen LogP contribution in [0.2, 0.25) is 0 Å². The number of alkyl carbamates (subject to hydrolysis) is 1. The number of nitrogens with zero attached hydrogens (tertiary/aromatic N) is 1. The lowest BCUT2D eigenvalue weighted by molar-refractivity contribution is -0.125. The molecule has 6 nitrogen and oxygen atoms in total. The van der Waals surface area contributed by atoms with Gasteiger partial charge in [-0.05, 0) is 39.5 Å². The molecule has 0 fully saturated rings. The lowest BCUT2D eigenvalue weighted by Crippen LogP contribution is -2.32. The zero-order chi connectivity index (χ0) is 28.6. The van der Waals surface area contributed by atoms with Crippen LogP contribution in [-0.2, 0) is 9.53 Å². The van der Waals surface area contributed by atoms with Crippen molar-refractivity contribution >= 4 is 12.0 Å². The summed E-state index contributed by atoms with van der Waals surface area (Å²) in [6, 6.07) is -0.159. The van der Waals surface area contributed by atoms with Gasteiger partial charge in [-0.25, -0.2) is 4.79 Å². The van der Waals surface area contributed by atoms with Gasteiger partial charge in [0, 0.05) is 31.2 Å². The van der Waals surface area contributed by atoms with Gasteiger partial charge >= 0.3 is 12.3 Å². The van der Waals surface area contributed by atoms with Crippen molar-refractivity contribution in [2.75, 3.05) is 26.2 Å². The van der Waals surface area contributed by atoms with E-state index in [1.54, 1.807) is 26.0 Å². The number of hydrogen-bond acceptors (Lipinski definition) is 4. The molecular weight excluding hydrogens is 471 g/mol. The minimum absolute atomic E-state index is 0.0515. The minimum atomic E-state index is -4.07. The Labute approximate surface area is 216 Å². The third-order valence-corrected chi connectivity index (χ3v) is 4.21. The monoisotopic (exact) mass is 517 g/mol. The van der Waals surface area contributed by atoms with Crippen molar-refractivity contribution in [3.8, 4) is 0 Å². The standard InChI is InChI=1S/C19H29N3O3.C4H5F3.2C2H6/c1-5-10-22-11-7-17(8-12-22)14-20-18(23)15(3)9-13-25-19(24)21-16(4)6-2;1-2-3-4(5,6)7;2*1-2/h5-7,9-10,16H,2,8,11-14H2,1,3-4H3,(H,20,23)(H,21,24);2H,1,3H2;2*1-2H3/b10-5+,15-9+;;;. The van der Waals surface area contributed by atoms with E-state index in [1.807, 2.05) is 40.7 Å². The summed E-state index contributed by atoms with van der Waals surface area (Å²) in [5.74, 6) is -0.153. The zero-order valence-electron chi connectivity index (χ0n) is 23.0. The van der Waals surface area contributed by atoms with Crippen molar-refractivity contribution in [3.63, 3.8) is 0 Å². The molecule has 0 aromatic heterocycles. The fraction of sp³-hybridized carbons (Fsp3) is 0.556. The Morgan fingerprint density at radius 1 is 1.22 bits per heavy atom. The van der Waals surface area contributed by atoms with Crippen molar-refractivity contribution in [1.82, 2.24) is 15.5 Å². The molecule has 0 radical (unpaired) electrons. The first-order chi connectivity index (χ1) is 17.0. The van der Waals surface area contributed by atoms with E-state index in [0.717, 1.165) is 25.6 Å². The minimum Gasteiger partial charge on any atom is -0.445 e. The SMILES string of the molecule is C=CC(C)NC(=O)OC/C=C(\C)C(=O)NCC1=CCN(/C=C/C)CC1.C=CCC(F)(F)F.CC.CC. The van der Waals surface area contributed by atoms with Gasteiger partial charge in [-0.3, -0.25) is 4.79 Å². The maximum absolute atomic E-state index is 12.1. The molecule has 0 saturated carbocycles. The number of alkyl halides is 3. The highest BCUT2D eigenvalue weighted by molar-refractivity contribution is 5.92. The van der Waals surface area contributed by atoms with Crippen LogP contribution < -0.4 is 10.6 Å². The van der Waals surface area contributed by atoms with Gasteiger partial charge in [0.15, 0.2) is 0 Å². The number of carbonyl (C=O) groups is 2. The summed E-state index contributed by atoms with van der Waals surface area (Å²) in [4.78, 5) is 25.7. The van der Waals surface area contributed by atoms with E-state index in [1.165, 1.54) is 5.57 Å². The van der Waals surface area contributed by atoms with Gasteiger partial charge < -0.3 is 20.3 Å². The van der Waals surface area contributed by atoms with E-state index in [0.29, 0.717) is 12.1 Å². The molecule has 0 aromatic rings. The molecule has 0 spiro atoms. The molecule has 36 heavy (non-hydrogen) atoms. The van der Waals surface area contributed by atoms with Crippen molar-refractivity contribution in [1.29, 1.82) is 0 Å². The highest BCUT2D eigenvalue weighted by Crippen LogP contribution is 2.18. The van der Waals surface area contributed by atoms with E-state index < -0.39 is 18.7 Å². The molecule has 9 heteroatoms. The largest absolute Gasteiger partial charge is 0.445 e. The second kappa shape index (κ2) is 23.8. The molecule has 2 amide bonds. The van der Waals surface area contributed by atoms with Crippen LogP contribution in [0.5, 0.6) is 0 Å². The summed E-state index contributed by atoms with van der Waals surface area (Å²) in [6.07, 6.45) is 5.73.